The van der Waals surface area contributed by atoms with Gasteiger partial charge in [0.15, 0.2) is 0 Å². The molecule has 1 aliphatic rings. The first-order valence-electron chi connectivity index (χ1n) is 9.66. The van der Waals surface area contributed by atoms with Crippen LogP contribution in [0, 0.1) is 0 Å². The van der Waals surface area contributed by atoms with Crippen LogP contribution in [0.4, 0.5) is 0 Å². The number of hydrogen-bond donors (Lipinski definition) is 1. The zero-order valence-corrected chi connectivity index (χ0v) is 16.9. The fourth-order valence-corrected chi connectivity index (χ4v) is 3.68. The summed E-state index contributed by atoms with van der Waals surface area (Å²) < 4.78 is 13.4. The Hall–Kier alpha value is -3.28. The predicted octanol–water partition coefficient (Wildman–Crippen LogP) is 3.97. The van der Waals surface area contributed by atoms with Crippen molar-refractivity contribution in [2.75, 3.05) is 7.11 Å². The van der Waals surface area contributed by atoms with Crippen LogP contribution < -0.4 is 14.8 Å². The maximum absolute atomic E-state index is 12.9. The predicted molar refractivity (Wildman–Crippen MR) is 110 cm³/mol. The van der Waals surface area contributed by atoms with E-state index in [-0.39, 0.29) is 17.6 Å². The molecule has 2 heterocycles. The van der Waals surface area contributed by atoms with Gasteiger partial charge >= 0.3 is 0 Å². The van der Waals surface area contributed by atoms with Crippen molar-refractivity contribution in [3.8, 4) is 11.5 Å². The molecule has 1 amide bonds. The Bertz CT molecular complexity index is 995. The third-order valence-electron chi connectivity index (χ3n) is 5.12. The van der Waals surface area contributed by atoms with E-state index in [0.717, 1.165) is 29.2 Å². The lowest BCUT2D eigenvalue weighted by atomic mass is 9.89. The van der Waals surface area contributed by atoms with Crippen molar-refractivity contribution in [3.63, 3.8) is 0 Å². The molecule has 0 unspecified atom stereocenters. The smallest absolute Gasteiger partial charge is 0.251 e. The van der Waals surface area contributed by atoms with Gasteiger partial charge in [0.05, 0.1) is 19.5 Å². The van der Waals surface area contributed by atoms with Gasteiger partial charge in [-0.1, -0.05) is 12.1 Å². The summed E-state index contributed by atoms with van der Waals surface area (Å²) in [6.07, 6.45) is 6.13. The average Bonchev–Trinajstić information content (AvgIpc) is 3.20. The summed E-state index contributed by atoms with van der Waals surface area (Å²) in [5.41, 5.74) is 2.32. The van der Waals surface area contributed by atoms with Crippen LogP contribution in [0.25, 0.3) is 0 Å². The van der Waals surface area contributed by atoms with Gasteiger partial charge in [-0.05, 0) is 49.7 Å². The zero-order chi connectivity index (χ0) is 20.4. The minimum atomic E-state index is -0.367. The lowest BCUT2D eigenvalue weighted by Crippen LogP contribution is -2.41. The first kappa shape index (κ1) is 19.1. The maximum Gasteiger partial charge on any atom is 0.251 e. The molecule has 1 N–H and O–H groups in total. The number of nitrogens with zero attached hydrogens (tertiary/aromatic N) is 2. The summed E-state index contributed by atoms with van der Waals surface area (Å²) in [4.78, 5) is 17.0. The van der Waals surface area contributed by atoms with Gasteiger partial charge in [0, 0.05) is 36.5 Å². The van der Waals surface area contributed by atoms with Crippen molar-refractivity contribution in [3.05, 3.63) is 77.9 Å². The van der Waals surface area contributed by atoms with Gasteiger partial charge in [0.2, 0.25) is 0 Å². The molecule has 2 aromatic carbocycles. The lowest BCUT2D eigenvalue weighted by Gasteiger charge is -2.38. The van der Waals surface area contributed by atoms with Crippen LogP contribution in [-0.2, 0) is 6.54 Å². The molecule has 1 aliphatic heterocycles. The molecule has 0 bridgehead atoms. The summed E-state index contributed by atoms with van der Waals surface area (Å²) in [5.74, 6) is 1.42. The maximum atomic E-state index is 12.9. The van der Waals surface area contributed by atoms with Crippen LogP contribution in [0.15, 0.2) is 61.2 Å². The van der Waals surface area contributed by atoms with E-state index in [1.165, 1.54) is 0 Å². The molecule has 0 fully saturated rings. The second kappa shape index (κ2) is 7.62. The number of rotatable bonds is 5. The summed E-state index contributed by atoms with van der Waals surface area (Å²) >= 11 is 0. The average molecular weight is 391 g/mol. The molecular formula is C23H25N3O3. The van der Waals surface area contributed by atoms with E-state index in [4.69, 9.17) is 9.47 Å². The standard InChI is InChI=1S/C23H25N3O3/c1-23(2)13-20(19-12-18(28-3)8-9-21(19)29-23)25-22(27)17-6-4-16(5-7-17)14-26-11-10-24-15-26/h4-12,15,20H,13-14H2,1-3H3,(H,25,27)/t20-/m0/s1. The number of fused-ring (bicyclic) bond motifs is 1. The molecule has 0 saturated carbocycles. The van der Waals surface area contributed by atoms with Crippen LogP contribution in [0.1, 0.15) is 47.8 Å². The number of ether oxygens (including phenoxy) is 2. The minimum absolute atomic E-state index is 0.101. The molecule has 6 nitrogen and oxygen atoms in total. The molecule has 0 radical (unpaired) electrons. The van der Waals surface area contributed by atoms with Crippen LogP contribution in [0.5, 0.6) is 11.5 Å². The first-order valence-corrected chi connectivity index (χ1v) is 9.66. The summed E-state index contributed by atoms with van der Waals surface area (Å²) in [7, 11) is 1.63. The van der Waals surface area contributed by atoms with Crippen molar-refractivity contribution in [2.45, 2.75) is 38.5 Å². The number of methoxy groups -OCH3 is 1. The van der Waals surface area contributed by atoms with Crippen molar-refractivity contribution in [1.29, 1.82) is 0 Å². The largest absolute Gasteiger partial charge is 0.497 e. The Balaban J connectivity index is 1.52. The van der Waals surface area contributed by atoms with E-state index < -0.39 is 0 Å². The number of nitrogens with one attached hydrogen (secondary N) is 1. The minimum Gasteiger partial charge on any atom is -0.497 e. The normalized spacial score (nSPS) is 17.1. The van der Waals surface area contributed by atoms with Crippen molar-refractivity contribution in [2.24, 2.45) is 0 Å². The number of amides is 1. The molecule has 1 atom stereocenters. The van der Waals surface area contributed by atoms with Gasteiger partial charge in [-0.3, -0.25) is 4.79 Å². The number of aromatic nitrogens is 2. The van der Waals surface area contributed by atoms with Crippen molar-refractivity contribution >= 4 is 5.91 Å². The Morgan fingerprint density at radius 2 is 2.07 bits per heavy atom. The third kappa shape index (κ3) is 4.26. The number of imidazole rings is 1. The van der Waals surface area contributed by atoms with Gasteiger partial charge in [0.1, 0.15) is 17.1 Å². The summed E-state index contributed by atoms with van der Waals surface area (Å²) in [6, 6.07) is 13.2. The van der Waals surface area contributed by atoms with E-state index in [9.17, 15) is 4.79 Å². The Labute approximate surface area is 170 Å². The molecule has 0 spiro atoms. The summed E-state index contributed by atoms with van der Waals surface area (Å²) in [6.45, 7) is 4.79. The van der Waals surface area contributed by atoms with Crippen molar-refractivity contribution < 1.29 is 14.3 Å². The third-order valence-corrected chi connectivity index (χ3v) is 5.12. The van der Waals surface area contributed by atoms with Gasteiger partial charge in [-0.15, -0.1) is 0 Å². The molecule has 6 heteroatoms. The Morgan fingerprint density at radius 1 is 1.28 bits per heavy atom. The Morgan fingerprint density at radius 3 is 2.76 bits per heavy atom. The molecule has 1 aromatic heterocycles. The molecule has 4 rings (SSSR count). The fraction of sp³-hybridized carbons (Fsp3) is 0.304. The van der Waals surface area contributed by atoms with Gasteiger partial charge < -0.3 is 19.4 Å². The number of carbonyl (C=O) groups is 1. The van der Waals surface area contributed by atoms with Crippen LogP contribution >= 0.6 is 0 Å². The highest BCUT2D eigenvalue weighted by Crippen LogP contribution is 2.41. The topological polar surface area (TPSA) is 65.4 Å². The highest BCUT2D eigenvalue weighted by Gasteiger charge is 2.35. The lowest BCUT2D eigenvalue weighted by molar-refractivity contribution is 0.0618. The van der Waals surface area contributed by atoms with Crippen LogP contribution in [0.2, 0.25) is 0 Å². The Kier molecular flexibility index (Phi) is 5.01. The molecule has 0 aliphatic carbocycles. The fourth-order valence-electron chi connectivity index (χ4n) is 3.68. The van der Waals surface area contributed by atoms with E-state index >= 15 is 0 Å². The second-order valence-corrected chi connectivity index (χ2v) is 7.93. The van der Waals surface area contributed by atoms with Gasteiger partial charge in [-0.2, -0.15) is 0 Å². The van der Waals surface area contributed by atoms with E-state index in [0.29, 0.717) is 12.0 Å². The van der Waals surface area contributed by atoms with Crippen molar-refractivity contribution in [1.82, 2.24) is 14.9 Å². The van der Waals surface area contributed by atoms with Gasteiger partial charge in [-0.25, -0.2) is 4.98 Å². The molecule has 150 valence electrons. The summed E-state index contributed by atoms with van der Waals surface area (Å²) in [5, 5.41) is 3.17. The first-order chi connectivity index (χ1) is 13.9. The van der Waals surface area contributed by atoms with E-state index in [1.54, 1.807) is 19.6 Å². The van der Waals surface area contributed by atoms with Crippen LogP contribution in [-0.4, -0.2) is 28.2 Å². The SMILES string of the molecule is COc1ccc2c(c1)[C@@H](NC(=O)c1ccc(Cn3ccnc3)cc1)CC(C)(C)O2. The zero-order valence-electron chi connectivity index (χ0n) is 16.9. The molecule has 3 aromatic rings. The quantitative estimate of drug-likeness (QED) is 0.715. The van der Waals surface area contributed by atoms with Gasteiger partial charge in [0.25, 0.3) is 5.91 Å². The highest BCUT2D eigenvalue weighted by molar-refractivity contribution is 5.94. The van der Waals surface area contributed by atoms with Crippen LogP contribution in [0.3, 0.4) is 0 Å². The second-order valence-electron chi connectivity index (χ2n) is 7.93. The molecular weight excluding hydrogens is 366 g/mol. The monoisotopic (exact) mass is 391 g/mol. The van der Waals surface area contributed by atoms with E-state index in [1.807, 2.05) is 67.1 Å². The molecule has 29 heavy (non-hydrogen) atoms. The number of carbonyl (C=O) groups excluding carboxylic acids is 1. The molecule has 0 saturated heterocycles. The number of hydrogen-bond acceptors (Lipinski definition) is 4. The van der Waals surface area contributed by atoms with E-state index in [2.05, 4.69) is 10.3 Å². The highest BCUT2D eigenvalue weighted by atomic mass is 16.5. The number of benzene rings is 2.